The fourth-order valence-electron chi connectivity index (χ4n) is 1.75. The zero-order valence-electron chi connectivity index (χ0n) is 8.20. The van der Waals surface area contributed by atoms with E-state index in [1.54, 1.807) is 12.1 Å². The van der Waals surface area contributed by atoms with Crippen molar-refractivity contribution in [1.29, 1.82) is 0 Å². The standard InChI is InChI=1S/C11H12O3/c1-11(2)5-7-3-9(13)8(6-12)4-10(7)14-11/h3-4,6,13H,5H2,1-2H3. The average molecular weight is 192 g/mol. The molecule has 0 aliphatic carbocycles. The van der Waals surface area contributed by atoms with Crippen molar-refractivity contribution in [2.24, 2.45) is 0 Å². The van der Waals surface area contributed by atoms with E-state index in [1.807, 2.05) is 13.8 Å². The predicted octanol–water partition coefficient (Wildman–Crippen LogP) is 1.92. The van der Waals surface area contributed by atoms with Crippen molar-refractivity contribution in [2.45, 2.75) is 25.9 Å². The van der Waals surface area contributed by atoms with Crippen molar-refractivity contribution in [2.75, 3.05) is 0 Å². The van der Waals surface area contributed by atoms with Gasteiger partial charge >= 0.3 is 0 Å². The molecule has 2 rings (SSSR count). The molecule has 1 aromatic rings. The molecular formula is C11H12O3. The third kappa shape index (κ3) is 1.35. The molecule has 0 atom stereocenters. The lowest BCUT2D eigenvalue weighted by atomic mass is 10.0. The molecule has 0 bridgehead atoms. The molecule has 0 aromatic heterocycles. The van der Waals surface area contributed by atoms with E-state index in [4.69, 9.17) is 4.74 Å². The number of ether oxygens (including phenoxy) is 1. The summed E-state index contributed by atoms with van der Waals surface area (Å²) in [6, 6.07) is 3.19. The van der Waals surface area contributed by atoms with Crippen LogP contribution in [-0.4, -0.2) is 17.0 Å². The first kappa shape index (κ1) is 9.06. The summed E-state index contributed by atoms with van der Waals surface area (Å²) in [7, 11) is 0. The Kier molecular flexibility index (Phi) is 1.77. The van der Waals surface area contributed by atoms with Gasteiger partial charge in [-0.25, -0.2) is 0 Å². The highest BCUT2D eigenvalue weighted by Crippen LogP contribution is 2.38. The van der Waals surface area contributed by atoms with Crippen LogP contribution in [0, 0.1) is 0 Å². The smallest absolute Gasteiger partial charge is 0.153 e. The molecule has 74 valence electrons. The molecule has 1 N–H and O–H groups in total. The van der Waals surface area contributed by atoms with E-state index < -0.39 is 0 Å². The Morgan fingerprint density at radius 1 is 1.50 bits per heavy atom. The number of benzene rings is 1. The summed E-state index contributed by atoms with van der Waals surface area (Å²) in [5, 5.41) is 9.46. The number of aromatic hydroxyl groups is 1. The van der Waals surface area contributed by atoms with Crippen molar-refractivity contribution in [3.8, 4) is 11.5 Å². The van der Waals surface area contributed by atoms with Crippen LogP contribution in [0.4, 0.5) is 0 Å². The Labute approximate surface area is 82.3 Å². The maximum absolute atomic E-state index is 10.6. The molecule has 0 fully saturated rings. The third-order valence-electron chi connectivity index (χ3n) is 2.34. The van der Waals surface area contributed by atoms with Gasteiger partial charge in [-0.3, -0.25) is 4.79 Å². The van der Waals surface area contributed by atoms with Gasteiger partial charge in [-0.05, 0) is 26.0 Å². The molecule has 1 aliphatic rings. The number of rotatable bonds is 1. The van der Waals surface area contributed by atoms with Crippen molar-refractivity contribution in [1.82, 2.24) is 0 Å². The molecule has 0 spiro atoms. The molecule has 3 nitrogen and oxygen atoms in total. The van der Waals surface area contributed by atoms with Crippen LogP contribution in [0.1, 0.15) is 29.8 Å². The molecule has 0 amide bonds. The first-order chi connectivity index (χ1) is 6.52. The summed E-state index contributed by atoms with van der Waals surface area (Å²) in [4.78, 5) is 10.6. The highest BCUT2D eigenvalue weighted by Gasteiger charge is 2.30. The molecule has 1 aliphatic heterocycles. The monoisotopic (exact) mass is 192 g/mol. The first-order valence-electron chi connectivity index (χ1n) is 4.52. The number of aldehydes is 1. The van der Waals surface area contributed by atoms with E-state index in [0.717, 1.165) is 12.0 Å². The number of carbonyl (C=O) groups excluding carboxylic acids is 1. The van der Waals surface area contributed by atoms with Crippen LogP contribution in [0.25, 0.3) is 0 Å². The highest BCUT2D eigenvalue weighted by molar-refractivity contribution is 5.80. The van der Waals surface area contributed by atoms with Gasteiger partial charge in [0.1, 0.15) is 17.1 Å². The van der Waals surface area contributed by atoms with Crippen molar-refractivity contribution >= 4 is 6.29 Å². The third-order valence-corrected chi connectivity index (χ3v) is 2.34. The maximum Gasteiger partial charge on any atom is 0.153 e. The molecule has 0 saturated heterocycles. The number of phenolic OH excluding ortho intramolecular Hbond substituents is 1. The summed E-state index contributed by atoms with van der Waals surface area (Å²) in [6.07, 6.45) is 1.39. The van der Waals surface area contributed by atoms with E-state index in [9.17, 15) is 9.90 Å². The number of carbonyl (C=O) groups is 1. The minimum Gasteiger partial charge on any atom is -0.507 e. The topological polar surface area (TPSA) is 46.5 Å². The van der Waals surface area contributed by atoms with Gasteiger partial charge in [0, 0.05) is 12.0 Å². The molecule has 3 heteroatoms. The number of hydrogen-bond donors (Lipinski definition) is 1. The summed E-state index contributed by atoms with van der Waals surface area (Å²) in [5.41, 5.74) is 0.996. The average Bonchev–Trinajstić information content (AvgIpc) is 2.36. The molecule has 0 saturated carbocycles. The SMILES string of the molecule is CC1(C)Cc2cc(O)c(C=O)cc2O1. The maximum atomic E-state index is 10.6. The van der Waals surface area contributed by atoms with Gasteiger partial charge in [-0.1, -0.05) is 0 Å². The first-order valence-corrected chi connectivity index (χ1v) is 4.52. The van der Waals surface area contributed by atoms with Gasteiger partial charge in [0.05, 0.1) is 5.56 Å². The molecule has 0 radical (unpaired) electrons. The quantitative estimate of drug-likeness (QED) is 0.691. The second-order valence-electron chi connectivity index (χ2n) is 4.18. The molecule has 14 heavy (non-hydrogen) atoms. The van der Waals surface area contributed by atoms with Crippen LogP contribution in [0.3, 0.4) is 0 Å². The molecule has 0 unspecified atom stereocenters. The van der Waals surface area contributed by atoms with Gasteiger partial charge in [-0.2, -0.15) is 0 Å². The van der Waals surface area contributed by atoms with Crippen molar-refractivity contribution < 1.29 is 14.6 Å². The van der Waals surface area contributed by atoms with E-state index in [0.29, 0.717) is 12.0 Å². The summed E-state index contributed by atoms with van der Waals surface area (Å²) in [6.45, 7) is 3.95. The summed E-state index contributed by atoms with van der Waals surface area (Å²) < 4.78 is 5.62. The Hall–Kier alpha value is -1.51. The number of hydrogen-bond acceptors (Lipinski definition) is 3. The lowest BCUT2D eigenvalue weighted by molar-refractivity contribution is 0.111. The van der Waals surface area contributed by atoms with E-state index in [2.05, 4.69) is 0 Å². The minimum atomic E-state index is -0.240. The summed E-state index contributed by atoms with van der Waals surface area (Å²) in [5.74, 6) is 0.731. The lowest BCUT2D eigenvalue weighted by Gasteiger charge is -2.16. The van der Waals surface area contributed by atoms with Crippen LogP contribution in [0.5, 0.6) is 11.5 Å². The Bertz CT molecular complexity index is 394. The van der Waals surface area contributed by atoms with Crippen LogP contribution < -0.4 is 4.74 Å². The van der Waals surface area contributed by atoms with Crippen LogP contribution >= 0.6 is 0 Å². The summed E-state index contributed by atoms with van der Waals surface area (Å²) >= 11 is 0. The minimum absolute atomic E-state index is 0.0278. The van der Waals surface area contributed by atoms with Crippen molar-refractivity contribution in [3.63, 3.8) is 0 Å². The second-order valence-corrected chi connectivity index (χ2v) is 4.18. The number of phenols is 1. The van der Waals surface area contributed by atoms with Gasteiger partial charge in [0.2, 0.25) is 0 Å². The van der Waals surface area contributed by atoms with Crippen molar-refractivity contribution in [3.05, 3.63) is 23.3 Å². The van der Waals surface area contributed by atoms with E-state index in [-0.39, 0.29) is 16.9 Å². The number of fused-ring (bicyclic) bond motifs is 1. The second kappa shape index (κ2) is 2.74. The fourth-order valence-corrected chi connectivity index (χ4v) is 1.75. The zero-order chi connectivity index (χ0) is 10.3. The Balaban J connectivity index is 2.49. The van der Waals surface area contributed by atoms with E-state index in [1.165, 1.54) is 0 Å². The van der Waals surface area contributed by atoms with Crippen LogP contribution in [-0.2, 0) is 6.42 Å². The zero-order valence-corrected chi connectivity index (χ0v) is 8.20. The molecule has 1 heterocycles. The van der Waals surface area contributed by atoms with Crippen LogP contribution in [0.2, 0.25) is 0 Å². The van der Waals surface area contributed by atoms with Gasteiger partial charge in [0.25, 0.3) is 0 Å². The largest absolute Gasteiger partial charge is 0.507 e. The molecule has 1 aromatic carbocycles. The van der Waals surface area contributed by atoms with Crippen LogP contribution in [0.15, 0.2) is 12.1 Å². The normalized spacial score (nSPS) is 17.3. The van der Waals surface area contributed by atoms with E-state index >= 15 is 0 Å². The highest BCUT2D eigenvalue weighted by atomic mass is 16.5. The van der Waals surface area contributed by atoms with Gasteiger partial charge in [0.15, 0.2) is 6.29 Å². The van der Waals surface area contributed by atoms with Gasteiger partial charge in [-0.15, -0.1) is 0 Å². The lowest BCUT2D eigenvalue weighted by Crippen LogP contribution is -2.24. The Morgan fingerprint density at radius 2 is 2.21 bits per heavy atom. The predicted molar refractivity (Wildman–Crippen MR) is 51.9 cm³/mol. The fraction of sp³-hybridized carbons (Fsp3) is 0.364. The Morgan fingerprint density at radius 3 is 2.86 bits per heavy atom. The van der Waals surface area contributed by atoms with Gasteiger partial charge < -0.3 is 9.84 Å². The molecular weight excluding hydrogens is 180 g/mol.